The van der Waals surface area contributed by atoms with Crippen LogP contribution < -0.4 is 5.32 Å². The Hall–Kier alpha value is -0.830. The third-order valence-corrected chi connectivity index (χ3v) is 4.55. The van der Waals surface area contributed by atoms with Crippen molar-refractivity contribution in [2.75, 3.05) is 6.54 Å². The van der Waals surface area contributed by atoms with E-state index < -0.39 is 0 Å². The van der Waals surface area contributed by atoms with Crippen molar-refractivity contribution >= 4 is 0 Å². The van der Waals surface area contributed by atoms with Gasteiger partial charge in [0.25, 0.3) is 0 Å². The maximum Gasteiger partial charge on any atom is 0.0669 e. The summed E-state index contributed by atoms with van der Waals surface area (Å²) in [4.78, 5) is 0. The molecule has 114 valence electrons. The highest BCUT2D eigenvalue weighted by atomic mass is 15.3. The molecule has 1 aliphatic carbocycles. The second-order valence-electron chi connectivity index (χ2n) is 6.09. The SMILES string of the molecule is CCCNCc1c(CC)nn(CC2CCCC2)c1CC. The van der Waals surface area contributed by atoms with Gasteiger partial charge >= 0.3 is 0 Å². The first-order chi connectivity index (χ1) is 9.80. The first-order valence-corrected chi connectivity index (χ1v) is 8.58. The average molecular weight is 277 g/mol. The lowest BCUT2D eigenvalue weighted by Crippen LogP contribution is -2.16. The van der Waals surface area contributed by atoms with Gasteiger partial charge in [-0.15, -0.1) is 0 Å². The molecular weight excluding hydrogens is 246 g/mol. The predicted molar refractivity (Wildman–Crippen MR) is 84.9 cm³/mol. The molecule has 1 heterocycles. The molecule has 0 spiro atoms. The van der Waals surface area contributed by atoms with Gasteiger partial charge < -0.3 is 5.32 Å². The minimum absolute atomic E-state index is 0.862. The molecule has 1 aromatic rings. The number of aryl methyl sites for hydroxylation is 1. The maximum absolute atomic E-state index is 4.92. The van der Waals surface area contributed by atoms with E-state index in [1.54, 1.807) is 0 Å². The third-order valence-electron chi connectivity index (χ3n) is 4.55. The summed E-state index contributed by atoms with van der Waals surface area (Å²) in [6.45, 7) is 9.95. The molecule has 3 heteroatoms. The lowest BCUT2D eigenvalue weighted by Gasteiger charge is -2.12. The second kappa shape index (κ2) is 7.82. The van der Waals surface area contributed by atoms with Crippen molar-refractivity contribution in [2.45, 2.75) is 78.8 Å². The van der Waals surface area contributed by atoms with Gasteiger partial charge in [0.05, 0.1) is 5.69 Å². The van der Waals surface area contributed by atoms with Crippen LogP contribution in [0.2, 0.25) is 0 Å². The monoisotopic (exact) mass is 277 g/mol. The minimum Gasteiger partial charge on any atom is -0.313 e. The summed E-state index contributed by atoms with van der Waals surface area (Å²) in [6, 6.07) is 0. The van der Waals surface area contributed by atoms with Gasteiger partial charge in [0, 0.05) is 24.3 Å². The molecule has 1 saturated carbocycles. The van der Waals surface area contributed by atoms with Crippen LogP contribution >= 0.6 is 0 Å². The molecular formula is C17H31N3. The zero-order chi connectivity index (χ0) is 14.4. The van der Waals surface area contributed by atoms with Crippen molar-refractivity contribution in [3.63, 3.8) is 0 Å². The van der Waals surface area contributed by atoms with Crippen molar-refractivity contribution < 1.29 is 0 Å². The van der Waals surface area contributed by atoms with Crippen molar-refractivity contribution in [3.8, 4) is 0 Å². The van der Waals surface area contributed by atoms with E-state index in [0.717, 1.165) is 38.4 Å². The Kier molecular flexibility index (Phi) is 6.08. The molecule has 0 amide bonds. The lowest BCUT2D eigenvalue weighted by atomic mass is 10.1. The van der Waals surface area contributed by atoms with Crippen LogP contribution in [-0.2, 0) is 25.9 Å². The van der Waals surface area contributed by atoms with E-state index in [1.165, 1.54) is 49.1 Å². The fourth-order valence-corrected chi connectivity index (χ4v) is 3.45. The Labute approximate surface area is 124 Å². The van der Waals surface area contributed by atoms with Crippen molar-refractivity contribution in [2.24, 2.45) is 5.92 Å². The van der Waals surface area contributed by atoms with E-state index in [-0.39, 0.29) is 0 Å². The number of hydrogen-bond donors (Lipinski definition) is 1. The van der Waals surface area contributed by atoms with Gasteiger partial charge in [0.15, 0.2) is 0 Å². The second-order valence-corrected chi connectivity index (χ2v) is 6.09. The zero-order valence-electron chi connectivity index (χ0n) is 13.5. The molecule has 0 aliphatic heterocycles. The topological polar surface area (TPSA) is 29.9 Å². The lowest BCUT2D eigenvalue weighted by molar-refractivity contribution is 0.417. The van der Waals surface area contributed by atoms with Crippen LogP contribution in [0.25, 0.3) is 0 Å². The summed E-state index contributed by atoms with van der Waals surface area (Å²) < 4.78 is 2.33. The Morgan fingerprint density at radius 1 is 1.15 bits per heavy atom. The fourth-order valence-electron chi connectivity index (χ4n) is 3.45. The number of nitrogens with zero attached hydrogens (tertiary/aromatic N) is 2. The van der Waals surface area contributed by atoms with E-state index in [9.17, 15) is 0 Å². The van der Waals surface area contributed by atoms with E-state index >= 15 is 0 Å². The van der Waals surface area contributed by atoms with Crippen molar-refractivity contribution in [1.82, 2.24) is 15.1 Å². The number of aromatic nitrogens is 2. The Morgan fingerprint density at radius 3 is 2.50 bits per heavy atom. The summed E-state index contributed by atoms with van der Waals surface area (Å²) in [7, 11) is 0. The van der Waals surface area contributed by atoms with Crippen molar-refractivity contribution in [3.05, 3.63) is 17.0 Å². The Balaban J connectivity index is 2.13. The van der Waals surface area contributed by atoms with Crippen LogP contribution in [0.5, 0.6) is 0 Å². The summed E-state index contributed by atoms with van der Waals surface area (Å²) in [5.74, 6) is 0.862. The first-order valence-electron chi connectivity index (χ1n) is 8.58. The quantitative estimate of drug-likeness (QED) is 0.734. The summed E-state index contributed by atoms with van der Waals surface area (Å²) in [5, 5.41) is 8.47. The molecule has 1 N–H and O–H groups in total. The molecule has 1 aliphatic rings. The van der Waals surface area contributed by atoms with E-state index in [4.69, 9.17) is 5.10 Å². The van der Waals surface area contributed by atoms with Gasteiger partial charge in [-0.2, -0.15) is 5.10 Å². The molecule has 0 atom stereocenters. The summed E-state index contributed by atoms with van der Waals surface area (Å²) >= 11 is 0. The van der Waals surface area contributed by atoms with Crippen LogP contribution in [-0.4, -0.2) is 16.3 Å². The normalized spacial score (nSPS) is 16.1. The Bertz CT molecular complexity index is 403. The van der Waals surface area contributed by atoms with Gasteiger partial charge in [-0.25, -0.2) is 0 Å². The highest BCUT2D eigenvalue weighted by Gasteiger charge is 2.20. The maximum atomic E-state index is 4.92. The van der Waals surface area contributed by atoms with Gasteiger partial charge in [-0.3, -0.25) is 4.68 Å². The molecule has 0 saturated heterocycles. The minimum atomic E-state index is 0.862. The van der Waals surface area contributed by atoms with E-state index in [2.05, 4.69) is 30.8 Å². The average Bonchev–Trinajstić information content (AvgIpc) is 3.07. The van der Waals surface area contributed by atoms with Crippen LogP contribution in [0.3, 0.4) is 0 Å². The van der Waals surface area contributed by atoms with Crippen LogP contribution in [0, 0.1) is 5.92 Å². The smallest absolute Gasteiger partial charge is 0.0669 e. The van der Waals surface area contributed by atoms with E-state index in [1.807, 2.05) is 0 Å². The molecule has 20 heavy (non-hydrogen) atoms. The highest BCUT2D eigenvalue weighted by Crippen LogP contribution is 2.27. The van der Waals surface area contributed by atoms with Crippen molar-refractivity contribution in [1.29, 1.82) is 0 Å². The molecule has 1 aromatic heterocycles. The van der Waals surface area contributed by atoms with Crippen LogP contribution in [0.1, 0.15) is 69.8 Å². The van der Waals surface area contributed by atoms with Gasteiger partial charge in [-0.05, 0) is 44.6 Å². The largest absolute Gasteiger partial charge is 0.313 e. The number of rotatable bonds is 8. The van der Waals surface area contributed by atoms with Gasteiger partial charge in [-0.1, -0.05) is 33.6 Å². The first kappa shape index (κ1) is 15.6. The third kappa shape index (κ3) is 3.63. The Morgan fingerprint density at radius 2 is 1.90 bits per heavy atom. The molecule has 0 aromatic carbocycles. The molecule has 2 rings (SSSR count). The molecule has 3 nitrogen and oxygen atoms in total. The van der Waals surface area contributed by atoms with Gasteiger partial charge in [0.1, 0.15) is 0 Å². The number of hydrogen-bond acceptors (Lipinski definition) is 2. The highest BCUT2D eigenvalue weighted by molar-refractivity contribution is 5.26. The fraction of sp³-hybridized carbons (Fsp3) is 0.824. The molecule has 0 radical (unpaired) electrons. The predicted octanol–water partition coefficient (Wildman–Crippen LogP) is 3.70. The zero-order valence-corrected chi connectivity index (χ0v) is 13.5. The van der Waals surface area contributed by atoms with Crippen LogP contribution in [0.4, 0.5) is 0 Å². The number of nitrogens with one attached hydrogen (secondary N) is 1. The molecule has 1 fully saturated rings. The molecule has 0 unspecified atom stereocenters. The summed E-state index contributed by atoms with van der Waals surface area (Å²) in [5.41, 5.74) is 4.25. The van der Waals surface area contributed by atoms with Crippen LogP contribution in [0.15, 0.2) is 0 Å². The van der Waals surface area contributed by atoms with Gasteiger partial charge in [0.2, 0.25) is 0 Å². The standard InChI is InChI=1S/C17H31N3/c1-4-11-18-12-15-16(5-2)19-20(17(15)6-3)13-14-9-7-8-10-14/h14,18H,4-13H2,1-3H3. The molecule has 0 bridgehead atoms. The summed E-state index contributed by atoms with van der Waals surface area (Å²) in [6.07, 6.45) is 8.97. The van der Waals surface area contributed by atoms with E-state index in [0.29, 0.717) is 0 Å².